The van der Waals surface area contributed by atoms with Crippen molar-refractivity contribution in [2.24, 2.45) is 0 Å². The van der Waals surface area contributed by atoms with Gasteiger partial charge in [-0.1, -0.05) is 30.2 Å². The van der Waals surface area contributed by atoms with Crippen LogP contribution in [0.1, 0.15) is 15.9 Å². The van der Waals surface area contributed by atoms with Crippen LogP contribution in [0.15, 0.2) is 60.9 Å². The normalized spacial score (nSPS) is 11.3. The number of hydrogen-bond donors (Lipinski definition) is 1. The van der Waals surface area contributed by atoms with E-state index in [4.69, 9.17) is 15.9 Å². The highest BCUT2D eigenvalue weighted by Gasteiger charge is 2.10. The van der Waals surface area contributed by atoms with E-state index in [0.29, 0.717) is 23.7 Å². The molecule has 0 spiro atoms. The molecule has 28 heavy (non-hydrogen) atoms. The van der Waals surface area contributed by atoms with Crippen molar-refractivity contribution < 1.29 is 19.4 Å². The summed E-state index contributed by atoms with van der Waals surface area (Å²) in [5.41, 5.74) is 2.96. The van der Waals surface area contributed by atoms with Crippen LogP contribution < -0.4 is 9.47 Å². The van der Waals surface area contributed by atoms with E-state index in [1.807, 2.05) is 0 Å². The van der Waals surface area contributed by atoms with Crippen LogP contribution in [0.2, 0.25) is 0 Å². The van der Waals surface area contributed by atoms with Gasteiger partial charge in [0.25, 0.3) is 0 Å². The summed E-state index contributed by atoms with van der Waals surface area (Å²) in [6.45, 7) is 0. The van der Waals surface area contributed by atoms with Crippen molar-refractivity contribution in [2.45, 2.75) is 12.5 Å². The highest BCUT2D eigenvalue weighted by molar-refractivity contribution is 5.91. The molecule has 2 aromatic carbocycles. The first-order valence-corrected chi connectivity index (χ1v) is 8.51. The van der Waals surface area contributed by atoms with Gasteiger partial charge in [0.15, 0.2) is 0 Å². The van der Waals surface area contributed by atoms with Crippen molar-refractivity contribution in [1.82, 2.24) is 9.97 Å². The fraction of sp³-hybridized carbons (Fsp3) is 0.136. The van der Waals surface area contributed by atoms with E-state index in [0.717, 1.165) is 16.7 Å². The minimum absolute atomic E-state index is 0.295. The monoisotopic (exact) mass is 374 g/mol. The van der Waals surface area contributed by atoms with Gasteiger partial charge in [-0.15, -0.1) is 6.42 Å². The maximum Gasteiger partial charge on any atom is 0.343 e. The van der Waals surface area contributed by atoms with Gasteiger partial charge in [-0.25, -0.2) is 14.8 Å². The summed E-state index contributed by atoms with van der Waals surface area (Å²) in [7, 11) is 1.50. The van der Waals surface area contributed by atoms with E-state index in [1.165, 1.54) is 7.11 Å². The lowest BCUT2D eigenvalue weighted by Gasteiger charge is -2.07. The topological polar surface area (TPSA) is 81.5 Å². The Hall–Kier alpha value is -3.69. The number of methoxy groups -OCH3 is 1. The molecular weight excluding hydrogens is 356 g/mol. The molecule has 6 nitrogen and oxygen atoms in total. The van der Waals surface area contributed by atoms with E-state index in [9.17, 15) is 9.90 Å². The molecule has 140 valence electrons. The Morgan fingerprint density at radius 2 is 1.71 bits per heavy atom. The zero-order chi connectivity index (χ0) is 19.9. The Balaban J connectivity index is 1.65. The van der Waals surface area contributed by atoms with E-state index in [-0.39, 0.29) is 0 Å². The van der Waals surface area contributed by atoms with Crippen molar-refractivity contribution in [1.29, 1.82) is 0 Å². The molecule has 1 N–H and O–H groups in total. The summed E-state index contributed by atoms with van der Waals surface area (Å²) in [6.07, 6.45) is 7.98. The standard InChI is InChI=1S/C22H18N2O4/c1-3-19(25)12-15-4-10-20(11-5-15)28-21(26)17-8-6-16(7-9-17)18-13-23-22(27-2)24-14-18/h1,4-11,13-14,19,25H,12H2,2H3. The van der Waals surface area contributed by atoms with Gasteiger partial charge in [0.05, 0.1) is 12.7 Å². The number of carbonyl (C=O) groups excluding carboxylic acids is 1. The molecule has 0 saturated carbocycles. The maximum absolute atomic E-state index is 12.3. The second-order valence-electron chi connectivity index (χ2n) is 5.96. The number of terminal acetylenes is 1. The number of aliphatic hydroxyl groups is 1. The molecule has 0 amide bonds. The molecule has 3 aromatic rings. The lowest BCUT2D eigenvalue weighted by atomic mass is 10.1. The Morgan fingerprint density at radius 3 is 2.29 bits per heavy atom. The first-order valence-electron chi connectivity index (χ1n) is 8.51. The van der Waals surface area contributed by atoms with Crippen molar-refractivity contribution in [3.05, 3.63) is 72.1 Å². The molecule has 0 saturated heterocycles. The van der Waals surface area contributed by atoms with E-state index >= 15 is 0 Å². The minimum Gasteiger partial charge on any atom is -0.467 e. The first kappa shape index (κ1) is 19.1. The highest BCUT2D eigenvalue weighted by atomic mass is 16.5. The number of aliphatic hydroxyl groups excluding tert-OH is 1. The SMILES string of the molecule is C#CC(O)Cc1ccc(OC(=O)c2ccc(-c3cnc(OC)nc3)cc2)cc1. The molecule has 0 radical (unpaired) electrons. The van der Waals surface area contributed by atoms with Gasteiger partial charge in [0.2, 0.25) is 0 Å². The minimum atomic E-state index is -0.831. The van der Waals surface area contributed by atoms with Crippen LogP contribution in [-0.4, -0.2) is 34.3 Å². The summed E-state index contributed by atoms with van der Waals surface area (Å²) in [5, 5.41) is 9.47. The summed E-state index contributed by atoms with van der Waals surface area (Å²) >= 11 is 0. The van der Waals surface area contributed by atoms with Gasteiger partial charge >= 0.3 is 12.0 Å². The van der Waals surface area contributed by atoms with E-state index in [2.05, 4.69) is 15.9 Å². The van der Waals surface area contributed by atoms with Crippen LogP contribution in [0, 0.1) is 12.3 Å². The molecule has 0 aliphatic rings. The smallest absolute Gasteiger partial charge is 0.343 e. The van der Waals surface area contributed by atoms with Crippen LogP contribution in [-0.2, 0) is 6.42 Å². The fourth-order valence-electron chi connectivity index (χ4n) is 2.51. The molecule has 1 heterocycles. The van der Waals surface area contributed by atoms with Gasteiger partial charge in [0.1, 0.15) is 11.9 Å². The third-order valence-corrected chi connectivity index (χ3v) is 4.02. The van der Waals surface area contributed by atoms with Crippen molar-refractivity contribution >= 4 is 5.97 Å². The Morgan fingerprint density at radius 1 is 1.07 bits per heavy atom. The van der Waals surface area contributed by atoms with Crippen LogP contribution in [0.25, 0.3) is 11.1 Å². The summed E-state index contributed by atoms with van der Waals surface area (Å²) in [4.78, 5) is 20.5. The number of esters is 1. The zero-order valence-electron chi connectivity index (χ0n) is 15.2. The molecule has 0 fully saturated rings. The van der Waals surface area contributed by atoms with E-state index in [1.54, 1.807) is 60.9 Å². The quantitative estimate of drug-likeness (QED) is 0.406. The lowest BCUT2D eigenvalue weighted by Crippen LogP contribution is -2.09. The molecule has 1 atom stereocenters. The van der Waals surface area contributed by atoms with Crippen LogP contribution in [0.4, 0.5) is 0 Å². The molecule has 0 bridgehead atoms. The van der Waals surface area contributed by atoms with Gasteiger partial charge in [-0.2, -0.15) is 0 Å². The van der Waals surface area contributed by atoms with Crippen molar-refractivity contribution in [3.63, 3.8) is 0 Å². The van der Waals surface area contributed by atoms with Crippen LogP contribution in [0.5, 0.6) is 11.8 Å². The number of rotatable bonds is 6. The second kappa shape index (κ2) is 8.80. The predicted octanol–water partition coefficient (Wildman–Crippen LogP) is 2.91. The maximum atomic E-state index is 12.3. The molecular formula is C22H18N2O4. The first-order chi connectivity index (χ1) is 13.6. The van der Waals surface area contributed by atoms with Crippen LogP contribution in [0.3, 0.4) is 0 Å². The Bertz CT molecular complexity index is 975. The largest absolute Gasteiger partial charge is 0.467 e. The molecule has 0 aliphatic heterocycles. The van der Waals surface area contributed by atoms with E-state index < -0.39 is 12.1 Å². The fourth-order valence-corrected chi connectivity index (χ4v) is 2.51. The third-order valence-electron chi connectivity index (χ3n) is 4.02. The molecule has 1 unspecified atom stereocenters. The zero-order valence-corrected chi connectivity index (χ0v) is 15.2. The van der Waals surface area contributed by atoms with Crippen molar-refractivity contribution in [2.75, 3.05) is 7.11 Å². The second-order valence-corrected chi connectivity index (χ2v) is 5.96. The molecule has 0 aliphatic carbocycles. The van der Waals surface area contributed by atoms with Gasteiger partial charge in [-0.05, 0) is 35.4 Å². The highest BCUT2D eigenvalue weighted by Crippen LogP contribution is 2.20. The number of carbonyl (C=O) groups is 1. The van der Waals surface area contributed by atoms with Crippen LogP contribution >= 0.6 is 0 Å². The summed E-state index contributed by atoms with van der Waals surface area (Å²) < 4.78 is 10.3. The summed E-state index contributed by atoms with van der Waals surface area (Å²) in [6, 6.07) is 14.1. The number of hydrogen-bond acceptors (Lipinski definition) is 6. The Labute approximate surface area is 162 Å². The average molecular weight is 374 g/mol. The number of nitrogens with zero attached hydrogens (tertiary/aromatic N) is 2. The predicted molar refractivity (Wildman–Crippen MR) is 104 cm³/mol. The number of aromatic nitrogens is 2. The number of ether oxygens (including phenoxy) is 2. The Kier molecular flexibility index (Phi) is 6.00. The molecule has 1 aromatic heterocycles. The third kappa shape index (κ3) is 4.72. The van der Waals surface area contributed by atoms with Gasteiger partial charge in [-0.3, -0.25) is 0 Å². The van der Waals surface area contributed by atoms with Gasteiger partial charge < -0.3 is 14.6 Å². The molecule has 6 heteroatoms. The lowest BCUT2D eigenvalue weighted by molar-refractivity contribution is 0.0734. The number of benzene rings is 2. The van der Waals surface area contributed by atoms with Crippen molar-refractivity contribution in [3.8, 4) is 35.2 Å². The van der Waals surface area contributed by atoms with Gasteiger partial charge in [0, 0.05) is 24.4 Å². The summed E-state index contributed by atoms with van der Waals surface area (Å²) in [5.74, 6) is 2.21. The molecule has 3 rings (SSSR count). The average Bonchev–Trinajstić information content (AvgIpc) is 2.75.